The fourth-order valence-electron chi connectivity index (χ4n) is 3.87. The molecule has 0 saturated heterocycles. The van der Waals surface area contributed by atoms with Crippen LogP contribution < -0.4 is 20.3 Å². The third-order valence-corrected chi connectivity index (χ3v) is 5.48. The summed E-state index contributed by atoms with van der Waals surface area (Å²) >= 11 is 0. The number of ether oxygens (including phenoxy) is 1. The Morgan fingerprint density at radius 1 is 1.06 bits per heavy atom. The van der Waals surface area contributed by atoms with Crippen molar-refractivity contribution in [3.63, 3.8) is 0 Å². The van der Waals surface area contributed by atoms with Crippen LogP contribution in [-0.2, 0) is 4.79 Å². The summed E-state index contributed by atoms with van der Waals surface area (Å²) in [5, 5.41) is 6.70. The highest BCUT2D eigenvalue weighted by molar-refractivity contribution is 5.97. The van der Waals surface area contributed by atoms with Crippen LogP contribution in [0.2, 0.25) is 0 Å². The Morgan fingerprint density at radius 2 is 1.89 bits per heavy atom. The fraction of sp³-hybridized carbons (Fsp3) is 0.200. The van der Waals surface area contributed by atoms with Crippen LogP contribution in [-0.4, -0.2) is 59.6 Å². The van der Waals surface area contributed by atoms with E-state index in [0.717, 1.165) is 12.1 Å². The van der Waals surface area contributed by atoms with Crippen LogP contribution in [0.3, 0.4) is 0 Å². The predicted molar refractivity (Wildman–Crippen MR) is 133 cm³/mol. The molecule has 184 valence electrons. The van der Waals surface area contributed by atoms with Gasteiger partial charge in [0.25, 0.3) is 0 Å². The van der Waals surface area contributed by atoms with Crippen molar-refractivity contribution >= 4 is 45.6 Å². The van der Waals surface area contributed by atoms with E-state index < -0.39 is 11.6 Å². The highest BCUT2D eigenvalue weighted by Crippen LogP contribution is 2.35. The van der Waals surface area contributed by atoms with Gasteiger partial charge in [0.1, 0.15) is 18.2 Å². The summed E-state index contributed by atoms with van der Waals surface area (Å²) in [6, 6.07) is 10.9. The van der Waals surface area contributed by atoms with Gasteiger partial charge in [-0.15, -0.1) is 0 Å². The van der Waals surface area contributed by atoms with Crippen molar-refractivity contribution in [2.75, 3.05) is 49.3 Å². The molecule has 0 bridgehead atoms. The zero-order valence-electron chi connectivity index (χ0n) is 19.6. The second kappa shape index (κ2) is 9.70. The zero-order valence-corrected chi connectivity index (χ0v) is 19.6. The summed E-state index contributed by atoms with van der Waals surface area (Å²) in [5.74, 6) is -0.468. The van der Waals surface area contributed by atoms with Crippen LogP contribution in [0.5, 0.6) is 5.75 Å². The molecule has 2 N–H and O–H groups in total. The van der Waals surface area contributed by atoms with E-state index >= 15 is 0 Å². The molecule has 1 amide bonds. The first-order valence-electron chi connectivity index (χ1n) is 11.2. The number of nitrogens with zero attached hydrogens (tertiary/aromatic N) is 5. The van der Waals surface area contributed by atoms with E-state index in [1.54, 1.807) is 29.3 Å². The number of fused-ring (bicyclic) bond motifs is 2. The molecule has 0 spiro atoms. The molecule has 1 aliphatic rings. The maximum absolute atomic E-state index is 13.6. The highest BCUT2D eigenvalue weighted by atomic mass is 19.2. The molecule has 0 saturated carbocycles. The van der Waals surface area contributed by atoms with Gasteiger partial charge in [-0.05, 0) is 50.5 Å². The average Bonchev–Trinajstić information content (AvgIpc) is 2.84. The van der Waals surface area contributed by atoms with Crippen molar-refractivity contribution in [3.05, 3.63) is 66.5 Å². The number of carbonyl (C=O) groups is 1. The van der Waals surface area contributed by atoms with Crippen LogP contribution >= 0.6 is 0 Å². The lowest BCUT2D eigenvalue weighted by atomic mass is 10.2. The van der Waals surface area contributed by atoms with E-state index in [0.29, 0.717) is 65.2 Å². The van der Waals surface area contributed by atoms with Gasteiger partial charge in [0.05, 0.1) is 36.2 Å². The van der Waals surface area contributed by atoms with Crippen molar-refractivity contribution in [2.45, 2.75) is 0 Å². The van der Waals surface area contributed by atoms with Crippen LogP contribution in [0.1, 0.15) is 0 Å². The maximum atomic E-state index is 13.6. The van der Waals surface area contributed by atoms with Gasteiger partial charge in [0.2, 0.25) is 11.9 Å². The minimum absolute atomic E-state index is 0.0178. The standard InChI is InChI=1S/C25H23F2N7O2/c1-33(2)14-24(35)34-7-8-36-22-4-3-16(11-21(22)34)31-25-28-6-5-23(32-25)30-17-9-15-10-18(26)19(27)12-20(15)29-13-17/h3-6,9-13H,7-8,14H2,1-2H3,(H2,28,30,31,32). The summed E-state index contributed by atoms with van der Waals surface area (Å²) in [6.45, 7) is 1.19. The Bertz CT molecular complexity index is 1450. The van der Waals surface area contributed by atoms with Crippen molar-refractivity contribution in [1.82, 2.24) is 19.9 Å². The lowest BCUT2D eigenvalue weighted by molar-refractivity contribution is -0.119. The number of hydrogen-bond acceptors (Lipinski definition) is 8. The quantitative estimate of drug-likeness (QED) is 0.417. The van der Waals surface area contributed by atoms with Crippen LogP contribution in [0.15, 0.2) is 54.9 Å². The normalized spacial score (nSPS) is 12.9. The predicted octanol–water partition coefficient (Wildman–Crippen LogP) is 4.08. The number of pyridine rings is 1. The Hall–Kier alpha value is -4.38. The molecule has 2 aromatic carbocycles. The van der Waals surface area contributed by atoms with Gasteiger partial charge in [-0.1, -0.05) is 0 Å². The number of aromatic nitrogens is 3. The third kappa shape index (κ3) is 5.01. The first-order chi connectivity index (χ1) is 17.4. The summed E-state index contributed by atoms with van der Waals surface area (Å²) in [7, 11) is 3.70. The lowest BCUT2D eigenvalue weighted by Gasteiger charge is -2.30. The smallest absolute Gasteiger partial charge is 0.241 e. The van der Waals surface area contributed by atoms with Gasteiger partial charge >= 0.3 is 0 Å². The Kier molecular flexibility index (Phi) is 6.30. The molecule has 5 rings (SSSR count). The van der Waals surface area contributed by atoms with E-state index in [1.165, 1.54) is 6.20 Å². The first-order valence-corrected chi connectivity index (χ1v) is 11.2. The van der Waals surface area contributed by atoms with E-state index in [2.05, 4.69) is 25.6 Å². The number of hydrogen-bond donors (Lipinski definition) is 2. The largest absolute Gasteiger partial charge is 0.490 e. The Morgan fingerprint density at radius 3 is 2.72 bits per heavy atom. The lowest BCUT2D eigenvalue weighted by Crippen LogP contribution is -2.42. The highest BCUT2D eigenvalue weighted by Gasteiger charge is 2.24. The van der Waals surface area contributed by atoms with Gasteiger partial charge in [0.15, 0.2) is 11.6 Å². The van der Waals surface area contributed by atoms with E-state index in [4.69, 9.17) is 4.74 Å². The molecular weight excluding hydrogens is 468 g/mol. The fourth-order valence-corrected chi connectivity index (χ4v) is 3.87. The van der Waals surface area contributed by atoms with Crippen molar-refractivity contribution in [1.29, 1.82) is 0 Å². The number of benzene rings is 2. The number of rotatable bonds is 6. The minimum Gasteiger partial charge on any atom is -0.490 e. The number of likely N-dealkylation sites (N-methyl/N-ethyl adjacent to an activating group) is 1. The second-order valence-corrected chi connectivity index (χ2v) is 8.51. The molecule has 0 radical (unpaired) electrons. The monoisotopic (exact) mass is 491 g/mol. The van der Waals surface area contributed by atoms with Crippen LogP contribution in [0.25, 0.3) is 10.9 Å². The van der Waals surface area contributed by atoms with E-state index in [1.807, 2.05) is 31.1 Å². The van der Waals surface area contributed by atoms with Crippen molar-refractivity contribution in [2.24, 2.45) is 0 Å². The zero-order chi connectivity index (χ0) is 25.2. The SMILES string of the molecule is CN(C)CC(=O)N1CCOc2ccc(Nc3nccc(Nc4cnc5cc(F)c(F)cc5c4)n3)cc21. The summed E-state index contributed by atoms with van der Waals surface area (Å²) in [5.41, 5.74) is 2.26. The minimum atomic E-state index is -0.943. The molecule has 11 heteroatoms. The summed E-state index contributed by atoms with van der Waals surface area (Å²) < 4.78 is 32.8. The summed E-state index contributed by atoms with van der Waals surface area (Å²) in [6.07, 6.45) is 3.09. The number of carbonyl (C=O) groups excluding carboxylic acids is 1. The Labute approximate surface area is 205 Å². The Balaban J connectivity index is 1.35. The molecular formula is C25H23F2N7O2. The van der Waals surface area contributed by atoms with Gasteiger partial charge in [-0.2, -0.15) is 4.98 Å². The molecule has 2 aromatic heterocycles. The molecule has 0 unspecified atom stereocenters. The molecule has 4 aromatic rings. The molecule has 9 nitrogen and oxygen atoms in total. The van der Waals surface area contributed by atoms with Crippen molar-refractivity contribution < 1.29 is 18.3 Å². The maximum Gasteiger partial charge on any atom is 0.241 e. The number of anilines is 5. The second-order valence-electron chi connectivity index (χ2n) is 8.51. The summed E-state index contributed by atoms with van der Waals surface area (Å²) in [4.78, 5) is 29.2. The van der Waals surface area contributed by atoms with Crippen molar-refractivity contribution in [3.8, 4) is 5.75 Å². The average molecular weight is 492 g/mol. The molecule has 0 atom stereocenters. The van der Waals surface area contributed by atoms with Gasteiger partial charge in [0, 0.05) is 23.3 Å². The number of amides is 1. The van der Waals surface area contributed by atoms with Crippen LogP contribution in [0.4, 0.5) is 37.6 Å². The molecule has 0 aliphatic carbocycles. The topological polar surface area (TPSA) is 95.5 Å². The number of halogens is 2. The van der Waals surface area contributed by atoms with E-state index in [9.17, 15) is 13.6 Å². The first kappa shape index (κ1) is 23.4. The number of nitrogens with one attached hydrogen (secondary N) is 2. The molecule has 1 aliphatic heterocycles. The van der Waals surface area contributed by atoms with Crippen LogP contribution in [0, 0.1) is 11.6 Å². The molecule has 36 heavy (non-hydrogen) atoms. The molecule has 0 fully saturated rings. The van der Waals surface area contributed by atoms with Gasteiger partial charge in [-0.25, -0.2) is 13.8 Å². The third-order valence-electron chi connectivity index (χ3n) is 5.48. The van der Waals surface area contributed by atoms with E-state index in [-0.39, 0.29) is 5.91 Å². The van der Waals surface area contributed by atoms with Gasteiger partial charge < -0.3 is 25.2 Å². The van der Waals surface area contributed by atoms with Gasteiger partial charge in [-0.3, -0.25) is 9.78 Å². The molecule has 3 heterocycles.